The Labute approximate surface area is 158 Å². The summed E-state index contributed by atoms with van der Waals surface area (Å²) < 4.78 is 23.0. The molecule has 1 saturated carbocycles. The van der Waals surface area contributed by atoms with Crippen molar-refractivity contribution < 1.29 is 8.42 Å². The zero-order chi connectivity index (χ0) is 15.8. The van der Waals surface area contributed by atoms with Crippen LogP contribution in [0, 0.1) is 5.92 Å². The van der Waals surface area contributed by atoms with Crippen LogP contribution in [0.15, 0.2) is 4.99 Å². The van der Waals surface area contributed by atoms with Crippen molar-refractivity contribution >= 4 is 39.8 Å². The summed E-state index contributed by atoms with van der Waals surface area (Å²) in [6, 6.07) is 0.0149. The Morgan fingerprint density at radius 2 is 1.91 bits per heavy atom. The van der Waals surface area contributed by atoms with E-state index in [1.165, 1.54) is 38.5 Å². The molecule has 1 aliphatic heterocycles. The molecule has 0 radical (unpaired) electrons. The van der Waals surface area contributed by atoms with Crippen molar-refractivity contribution in [2.75, 3.05) is 24.6 Å². The van der Waals surface area contributed by atoms with Gasteiger partial charge < -0.3 is 10.6 Å². The summed E-state index contributed by atoms with van der Waals surface area (Å²) in [6.45, 7) is 3.66. The van der Waals surface area contributed by atoms with Gasteiger partial charge in [0.15, 0.2) is 15.8 Å². The van der Waals surface area contributed by atoms with Crippen LogP contribution >= 0.6 is 24.0 Å². The van der Waals surface area contributed by atoms with Crippen LogP contribution in [-0.4, -0.2) is 45.0 Å². The maximum Gasteiger partial charge on any atom is 0.191 e. The van der Waals surface area contributed by atoms with E-state index >= 15 is 0 Å². The standard InChI is InChI=1S/C16H31N3O2S.HI/c1-2-17-16(19-15-10-12-22(20,21)13-15)18-11-6-9-14-7-4-3-5-8-14;/h14-15H,2-13H2,1H3,(H2,17,18,19);1H. The third-order valence-electron chi connectivity index (χ3n) is 4.68. The lowest BCUT2D eigenvalue weighted by Crippen LogP contribution is -2.44. The monoisotopic (exact) mass is 457 g/mol. The van der Waals surface area contributed by atoms with E-state index in [9.17, 15) is 8.42 Å². The van der Waals surface area contributed by atoms with Gasteiger partial charge in [0.25, 0.3) is 0 Å². The zero-order valence-electron chi connectivity index (χ0n) is 14.2. The summed E-state index contributed by atoms with van der Waals surface area (Å²) in [5.74, 6) is 2.21. The van der Waals surface area contributed by atoms with Crippen LogP contribution in [-0.2, 0) is 9.84 Å². The average Bonchev–Trinajstić information content (AvgIpc) is 2.84. The van der Waals surface area contributed by atoms with E-state index in [1.807, 2.05) is 6.92 Å². The summed E-state index contributed by atoms with van der Waals surface area (Å²) in [5.41, 5.74) is 0. The molecule has 23 heavy (non-hydrogen) atoms. The molecule has 1 unspecified atom stereocenters. The second kappa shape index (κ2) is 10.7. The number of aliphatic imine (C=N–C) groups is 1. The van der Waals surface area contributed by atoms with E-state index in [1.54, 1.807) is 0 Å². The normalized spacial score (nSPS) is 24.9. The van der Waals surface area contributed by atoms with Crippen molar-refractivity contribution in [3.05, 3.63) is 0 Å². The Morgan fingerprint density at radius 1 is 1.17 bits per heavy atom. The highest BCUT2D eigenvalue weighted by atomic mass is 127. The highest BCUT2D eigenvalue weighted by Crippen LogP contribution is 2.27. The molecular weight excluding hydrogens is 425 g/mol. The Morgan fingerprint density at radius 3 is 2.52 bits per heavy atom. The lowest BCUT2D eigenvalue weighted by molar-refractivity contribution is 0.334. The molecule has 1 saturated heterocycles. The molecule has 0 aromatic carbocycles. The molecule has 1 heterocycles. The Bertz CT molecular complexity index is 462. The minimum Gasteiger partial charge on any atom is -0.357 e. The van der Waals surface area contributed by atoms with Crippen molar-refractivity contribution in [3.8, 4) is 0 Å². The van der Waals surface area contributed by atoms with Crippen LogP contribution in [0.5, 0.6) is 0 Å². The largest absolute Gasteiger partial charge is 0.357 e. The highest BCUT2D eigenvalue weighted by molar-refractivity contribution is 14.0. The van der Waals surface area contributed by atoms with Crippen LogP contribution in [0.1, 0.15) is 58.3 Å². The van der Waals surface area contributed by atoms with Crippen LogP contribution in [0.4, 0.5) is 0 Å². The van der Waals surface area contributed by atoms with E-state index in [4.69, 9.17) is 0 Å². The van der Waals surface area contributed by atoms with E-state index in [2.05, 4.69) is 15.6 Å². The molecule has 0 bridgehead atoms. The molecule has 2 aliphatic rings. The van der Waals surface area contributed by atoms with Crippen LogP contribution in [0.2, 0.25) is 0 Å². The molecule has 2 rings (SSSR count). The van der Waals surface area contributed by atoms with E-state index in [-0.39, 0.29) is 35.8 Å². The second-order valence-electron chi connectivity index (χ2n) is 6.65. The maximum absolute atomic E-state index is 11.5. The first-order valence-corrected chi connectivity index (χ1v) is 10.7. The number of rotatable bonds is 6. The summed E-state index contributed by atoms with van der Waals surface area (Å²) in [7, 11) is -2.84. The second-order valence-corrected chi connectivity index (χ2v) is 8.88. The van der Waals surface area contributed by atoms with Gasteiger partial charge in [0.05, 0.1) is 11.5 Å². The van der Waals surface area contributed by atoms with Crippen molar-refractivity contribution in [3.63, 3.8) is 0 Å². The van der Waals surface area contributed by atoms with Crippen molar-refractivity contribution in [2.45, 2.75) is 64.3 Å². The van der Waals surface area contributed by atoms with Crippen molar-refractivity contribution in [2.24, 2.45) is 10.9 Å². The lowest BCUT2D eigenvalue weighted by Gasteiger charge is -2.21. The summed E-state index contributed by atoms with van der Waals surface area (Å²) >= 11 is 0. The van der Waals surface area contributed by atoms with Gasteiger partial charge in [-0.15, -0.1) is 24.0 Å². The van der Waals surface area contributed by atoms with Gasteiger partial charge in [-0.3, -0.25) is 4.99 Å². The van der Waals surface area contributed by atoms with E-state index in [0.29, 0.717) is 12.2 Å². The quantitative estimate of drug-likeness (QED) is 0.279. The first-order chi connectivity index (χ1) is 10.6. The average molecular weight is 457 g/mol. The topological polar surface area (TPSA) is 70.6 Å². The number of guanidine groups is 1. The molecule has 0 spiro atoms. The number of nitrogens with one attached hydrogen (secondary N) is 2. The van der Waals surface area contributed by atoms with Gasteiger partial charge in [-0.2, -0.15) is 0 Å². The molecule has 0 amide bonds. The fourth-order valence-electron chi connectivity index (χ4n) is 3.47. The minimum absolute atomic E-state index is 0. The molecule has 2 fully saturated rings. The van der Waals surface area contributed by atoms with Crippen LogP contribution < -0.4 is 10.6 Å². The van der Waals surface area contributed by atoms with Gasteiger partial charge >= 0.3 is 0 Å². The molecule has 0 aromatic rings. The Balaban J connectivity index is 0.00000264. The zero-order valence-corrected chi connectivity index (χ0v) is 17.4. The summed E-state index contributed by atoms with van der Waals surface area (Å²) in [5, 5.41) is 6.49. The molecule has 136 valence electrons. The smallest absolute Gasteiger partial charge is 0.191 e. The SMILES string of the molecule is CCNC(=NCCCC1CCCCC1)NC1CCS(=O)(=O)C1.I. The fraction of sp³-hybridized carbons (Fsp3) is 0.938. The van der Waals surface area contributed by atoms with Crippen molar-refractivity contribution in [1.82, 2.24) is 10.6 Å². The molecular formula is C16H32IN3O2S. The first-order valence-electron chi connectivity index (χ1n) is 8.84. The number of nitrogens with zero attached hydrogens (tertiary/aromatic N) is 1. The van der Waals surface area contributed by atoms with Gasteiger partial charge in [0.2, 0.25) is 0 Å². The van der Waals surface area contributed by atoms with Gasteiger partial charge in [-0.25, -0.2) is 8.42 Å². The number of hydrogen-bond acceptors (Lipinski definition) is 3. The first kappa shape index (κ1) is 21.0. The molecule has 5 nitrogen and oxygen atoms in total. The minimum atomic E-state index is -2.84. The molecule has 1 aliphatic carbocycles. The van der Waals surface area contributed by atoms with Gasteiger partial charge in [0, 0.05) is 19.1 Å². The van der Waals surface area contributed by atoms with Gasteiger partial charge in [0.1, 0.15) is 0 Å². The Kier molecular flexibility index (Phi) is 9.80. The predicted molar refractivity (Wildman–Crippen MR) is 107 cm³/mol. The number of halogens is 1. The molecule has 0 aromatic heterocycles. The summed E-state index contributed by atoms with van der Waals surface area (Å²) in [6.07, 6.45) is 10.1. The summed E-state index contributed by atoms with van der Waals surface area (Å²) in [4.78, 5) is 4.61. The van der Waals surface area contributed by atoms with Crippen LogP contribution in [0.3, 0.4) is 0 Å². The third-order valence-corrected chi connectivity index (χ3v) is 6.45. The highest BCUT2D eigenvalue weighted by Gasteiger charge is 2.28. The lowest BCUT2D eigenvalue weighted by atomic mass is 9.86. The third kappa shape index (κ3) is 8.05. The van der Waals surface area contributed by atoms with Crippen molar-refractivity contribution in [1.29, 1.82) is 0 Å². The fourth-order valence-corrected chi connectivity index (χ4v) is 5.14. The van der Waals surface area contributed by atoms with E-state index in [0.717, 1.165) is 31.4 Å². The van der Waals surface area contributed by atoms with Crippen LogP contribution in [0.25, 0.3) is 0 Å². The molecule has 2 N–H and O–H groups in total. The van der Waals surface area contributed by atoms with Gasteiger partial charge in [-0.1, -0.05) is 32.1 Å². The molecule has 7 heteroatoms. The Hall–Kier alpha value is -0.0500. The van der Waals surface area contributed by atoms with Gasteiger partial charge in [-0.05, 0) is 32.1 Å². The number of sulfone groups is 1. The van der Waals surface area contributed by atoms with E-state index < -0.39 is 9.84 Å². The number of hydrogen-bond donors (Lipinski definition) is 2. The maximum atomic E-state index is 11.5. The predicted octanol–water partition coefficient (Wildman–Crippen LogP) is 2.71. The molecule has 1 atom stereocenters.